The average Bonchev–Trinajstić information content (AvgIpc) is 2.97. The quantitative estimate of drug-likeness (QED) is 0.793. The number of hydrogen-bond acceptors (Lipinski definition) is 4. The number of aromatic nitrogens is 3. The largest absolute Gasteiger partial charge is 0.493 e. The van der Waals surface area contributed by atoms with E-state index in [1.54, 1.807) is 0 Å². The number of fused-ring (bicyclic) bond motifs is 1. The van der Waals surface area contributed by atoms with Gasteiger partial charge in [-0.05, 0) is 19.1 Å². The van der Waals surface area contributed by atoms with E-state index in [9.17, 15) is 4.79 Å². The summed E-state index contributed by atoms with van der Waals surface area (Å²) in [5, 5.41) is 4.42. The highest BCUT2D eigenvalue weighted by molar-refractivity contribution is 5.70. The summed E-state index contributed by atoms with van der Waals surface area (Å²) in [6.07, 6.45) is 0. The van der Waals surface area contributed by atoms with Crippen molar-refractivity contribution in [2.45, 2.75) is 13.5 Å². The monoisotopic (exact) mass is 298 g/mol. The summed E-state index contributed by atoms with van der Waals surface area (Å²) in [5.74, 6) is 0.752. The van der Waals surface area contributed by atoms with Crippen LogP contribution < -0.4 is 16.0 Å². The molecular formula is C16H18N4O2. The summed E-state index contributed by atoms with van der Waals surface area (Å²) in [7, 11) is 1.87. The molecule has 0 saturated carbocycles. The highest BCUT2D eigenvalue weighted by Gasteiger charge is 2.13. The first-order valence-corrected chi connectivity index (χ1v) is 7.16. The number of hydrogen-bond donors (Lipinski definition) is 1. The molecule has 114 valence electrons. The number of ether oxygens (including phenoxy) is 1. The third-order valence-corrected chi connectivity index (χ3v) is 3.64. The van der Waals surface area contributed by atoms with Crippen molar-refractivity contribution in [2.75, 3.05) is 6.61 Å². The average molecular weight is 298 g/mol. The van der Waals surface area contributed by atoms with Crippen molar-refractivity contribution in [3.05, 3.63) is 52.4 Å². The fraction of sp³-hybridized carbons (Fsp3) is 0.250. The third kappa shape index (κ3) is 2.27. The minimum absolute atomic E-state index is 0.186. The molecule has 0 amide bonds. The molecule has 0 aliphatic rings. The Morgan fingerprint density at radius 3 is 2.77 bits per heavy atom. The van der Waals surface area contributed by atoms with Gasteiger partial charge in [0.05, 0.1) is 12.3 Å². The second-order valence-corrected chi connectivity index (χ2v) is 4.97. The lowest BCUT2D eigenvalue weighted by molar-refractivity contribution is 0.341. The lowest BCUT2D eigenvalue weighted by atomic mass is 10.1. The Kier molecular flexibility index (Phi) is 3.68. The molecule has 0 aliphatic heterocycles. The Labute approximate surface area is 127 Å². The molecule has 2 N–H and O–H groups in total. The fourth-order valence-electron chi connectivity index (χ4n) is 2.51. The van der Waals surface area contributed by atoms with Crippen LogP contribution in [-0.4, -0.2) is 20.8 Å². The molecule has 0 atom stereocenters. The number of rotatable bonds is 4. The van der Waals surface area contributed by atoms with Crippen LogP contribution in [0.2, 0.25) is 0 Å². The summed E-state index contributed by atoms with van der Waals surface area (Å²) >= 11 is 0. The molecule has 2 aromatic heterocycles. The van der Waals surface area contributed by atoms with Crippen molar-refractivity contribution in [3.8, 4) is 17.0 Å². The number of benzene rings is 1. The van der Waals surface area contributed by atoms with Gasteiger partial charge >= 0.3 is 0 Å². The summed E-state index contributed by atoms with van der Waals surface area (Å²) in [6, 6.07) is 11.0. The molecule has 0 radical (unpaired) electrons. The lowest BCUT2D eigenvalue weighted by Crippen LogP contribution is -2.21. The fourth-order valence-corrected chi connectivity index (χ4v) is 2.51. The molecule has 3 aromatic rings. The first-order chi connectivity index (χ1) is 10.7. The van der Waals surface area contributed by atoms with Crippen LogP contribution in [0.5, 0.6) is 5.75 Å². The maximum atomic E-state index is 12.2. The zero-order valence-electron chi connectivity index (χ0n) is 12.6. The van der Waals surface area contributed by atoms with Crippen LogP contribution in [0.4, 0.5) is 0 Å². The predicted octanol–water partition coefficient (Wildman–Crippen LogP) is 1.56. The molecule has 6 nitrogen and oxygen atoms in total. The SMILES string of the molecule is CCOc1ccccc1-c1cc2n(C)c(CN)cc(=O)n2n1. The highest BCUT2D eigenvalue weighted by Crippen LogP contribution is 2.29. The van der Waals surface area contributed by atoms with E-state index in [0.29, 0.717) is 24.5 Å². The molecule has 2 heterocycles. The van der Waals surface area contributed by atoms with E-state index in [1.807, 2.05) is 48.9 Å². The standard InChI is InChI=1S/C16H18N4O2/c1-3-22-14-7-5-4-6-12(14)13-9-15-19(2)11(10-17)8-16(21)20(15)18-13/h4-9H,3,10,17H2,1-2H3. The Balaban J connectivity index is 2.24. The van der Waals surface area contributed by atoms with Gasteiger partial charge in [-0.25, -0.2) is 0 Å². The van der Waals surface area contributed by atoms with Crippen LogP contribution in [0.3, 0.4) is 0 Å². The van der Waals surface area contributed by atoms with Gasteiger partial charge < -0.3 is 15.0 Å². The number of nitrogens with two attached hydrogens (primary N) is 1. The molecule has 1 aromatic carbocycles. The van der Waals surface area contributed by atoms with E-state index >= 15 is 0 Å². The van der Waals surface area contributed by atoms with Crippen LogP contribution in [0, 0.1) is 0 Å². The van der Waals surface area contributed by atoms with E-state index in [4.69, 9.17) is 10.5 Å². The zero-order chi connectivity index (χ0) is 15.7. The van der Waals surface area contributed by atoms with E-state index in [2.05, 4.69) is 5.10 Å². The maximum absolute atomic E-state index is 12.2. The maximum Gasteiger partial charge on any atom is 0.274 e. The Bertz CT molecular complexity index is 879. The molecule has 0 spiro atoms. The number of para-hydroxylation sites is 1. The first-order valence-electron chi connectivity index (χ1n) is 7.16. The van der Waals surface area contributed by atoms with Gasteiger partial charge in [-0.3, -0.25) is 4.79 Å². The molecule has 0 unspecified atom stereocenters. The highest BCUT2D eigenvalue weighted by atomic mass is 16.5. The minimum Gasteiger partial charge on any atom is -0.493 e. The van der Waals surface area contributed by atoms with Gasteiger partial charge in [0, 0.05) is 37.0 Å². The van der Waals surface area contributed by atoms with Crippen molar-refractivity contribution in [1.29, 1.82) is 0 Å². The predicted molar refractivity (Wildman–Crippen MR) is 84.9 cm³/mol. The summed E-state index contributed by atoms with van der Waals surface area (Å²) in [4.78, 5) is 12.2. The van der Waals surface area contributed by atoms with Crippen molar-refractivity contribution in [3.63, 3.8) is 0 Å². The van der Waals surface area contributed by atoms with Crippen LogP contribution in [0.25, 0.3) is 16.9 Å². The van der Waals surface area contributed by atoms with Gasteiger partial charge in [0.1, 0.15) is 11.4 Å². The normalized spacial score (nSPS) is 11.0. The number of aryl methyl sites for hydroxylation is 1. The van der Waals surface area contributed by atoms with E-state index in [1.165, 1.54) is 10.6 Å². The Morgan fingerprint density at radius 2 is 2.05 bits per heavy atom. The van der Waals surface area contributed by atoms with Gasteiger partial charge in [-0.2, -0.15) is 9.61 Å². The first kappa shape index (κ1) is 14.3. The van der Waals surface area contributed by atoms with Crippen LogP contribution >= 0.6 is 0 Å². The minimum atomic E-state index is -0.186. The van der Waals surface area contributed by atoms with Crippen LogP contribution in [0.1, 0.15) is 12.6 Å². The number of nitrogens with zero attached hydrogens (tertiary/aromatic N) is 3. The third-order valence-electron chi connectivity index (χ3n) is 3.64. The van der Waals surface area contributed by atoms with Crippen molar-refractivity contribution in [2.24, 2.45) is 12.8 Å². The summed E-state index contributed by atoms with van der Waals surface area (Å²) in [6.45, 7) is 2.81. The molecule has 0 fully saturated rings. The Morgan fingerprint density at radius 1 is 1.27 bits per heavy atom. The van der Waals surface area contributed by atoms with E-state index < -0.39 is 0 Å². The second kappa shape index (κ2) is 5.65. The van der Waals surface area contributed by atoms with E-state index in [0.717, 1.165) is 17.0 Å². The van der Waals surface area contributed by atoms with Gasteiger partial charge in [-0.1, -0.05) is 12.1 Å². The van der Waals surface area contributed by atoms with Crippen molar-refractivity contribution < 1.29 is 4.74 Å². The molecule has 0 bridgehead atoms. The summed E-state index contributed by atoms with van der Waals surface area (Å²) in [5.41, 5.74) is 8.53. The van der Waals surface area contributed by atoms with Gasteiger partial charge in [0.25, 0.3) is 5.56 Å². The molecule has 6 heteroatoms. The van der Waals surface area contributed by atoms with Crippen molar-refractivity contribution >= 4 is 5.65 Å². The molecule has 22 heavy (non-hydrogen) atoms. The Hall–Kier alpha value is -2.60. The topological polar surface area (TPSA) is 74.5 Å². The molecule has 0 saturated heterocycles. The van der Waals surface area contributed by atoms with Crippen molar-refractivity contribution in [1.82, 2.24) is 14.2 Å². The van der Waals surface area contributed by atoms with Crippen LogP contribution in [0.15, 0.2) is 41.2 Å². The second-order valence-electron chi connectivity index (χ2n) is 4.97. The van der Waals surface area contributed by atoms with E-state index in [-0.39, 0.29) is 5.56 Å². The summed E-state index contributed by atoms with van der Waals surface area (Å²) < 4.78 is 8.90. The smallest absolute Gasteiger partial charge is 0.274 e. The molecule has 3 rings (SSSR count). The lowest BCUT2D eigenvalue weighted by Gasteiger charge is -2.07. The molecule has 0 aliphatic carbocycles. The molecular weight excluding hydrogens is 280 g/mol. The van der Waals surface area contributed by atoms with Gasteiger partial charge in [0.15, 0.2) is 0 Å². The van der Waals surface area contributed by atoms with Gasteiger partial charge in [-0.15, -0.1) is 0 Å². The van der Waals surface area contributed by atoms with Gasteiger partial charge in [0.2, 0.25) is 0 Å². The zero-order valence-corrected chi connectivity index (χ0v) is 12.6. The van der Waals surface area contributed by atoms with Crippen LogP contribution in [-0.2, 0) is 13.6 Å².